The molecule has 3 rings (SSSR count). The Morgan fingerprint density at radius 1 is 0.969 bits per heavy atom. The van der Waals surface area contributed by atoms with Crippen LogP contribution < -0.4 is 14.4 Å². The lowest BCUT2D eigenvalue weighted by Gasteiger charge is -2.24. The second-order valence-electron chi connectivity index (χ2n) is 7.33. The average Bonchev–Trinajstić information content (AvgIpc) is 2.75. The molecule has 0 atom stereocenters. The zero-order chi connectivity index (χ0) is 23.1. The van der Waals surface area contributed by atoms with Crippen LogP contribution in [0.1, 0.15) is 11.1 Å². The lowest BCUT2D eigenvalue weighted by molar-refractivity contribution is -0.119. The topological polar surface area (TPSA) is 75.7 Å². The van der Waals surface area contributed by atoms with Crippen LogP contribution in [0.25, 0.3) is 0 Å². The molecule has 0 aliphatic rings. The van der Waals surface area contributed by atoms with E-state index in [2.05, 4.69) is 5.32 Å². The molecule has 0 unspecified atom stereocenters. The number of hydrogen-bond donors (Lipinski definition) is 1. The van der Waals surface area contributed by atoms with E-state index in [1.807, 2.05) is 32.0 Å². The molecule has 0 radical (unpaired) electrons. The van der Waals surface area contributed by atoms with Crippen molar-refractivity contribution in [2.75, 3.05) is 24.0 Å². The van der Waals surface area contributed by atoms with Gasteiger partial charge in [-0.15, -0.1) is 0 Å². The first-order chi connectivity index (χ1) is 15.3. The largest absolute Gasteiger partial charge is 0.492 e. The number of nitrogens with one attached hydrogen (secondary N) is 1. The Balaban J connectivity index is 1.68. The molecule has 0 heterocycles. The molecule has 0 aliphatic heterocycles. The molecule has 1 N–H and O–H groups in total. The summed E-state index contributed by atoms with van der Waals surface area (Å²) in [6.07, 6.45) is 0. The summed E-state index contributed by atoms with van der Waals surface area (Å²) in [5.41, 5.74) is 2.49. The number of halogens is 1. The maximum absolute atomic E-state index is 13.2. The summed E-state index contributed by atoms with van der Waals surface area (Å²) in [6, 6.07) is 20.2. The van der Waals surface area contributed by atoms with E-state index in [9.17, 15) is 13.2 Å². The van der Waals surface area contributed by atoms with Crippen molar-refractivity contribution < 1.29 is 17.9 Å². The zero-order valence-electron chi connectivity index (χ0n) is 17.9. The van der Waals surface area contributed by atoms with E-state index in [-0.39, 0.29) is 24.6 Å². The third-order valence-corrected chi connectivity index (χ3v) is 6.63. The van der Waals surface area contributed by atoms with E-state index in [0.717, 1.165) is 21.2 Å². The van der Waals surface area contributed by atoms with Crippen molar-refractivity contribution in [1.29, 1.82) is 0 Å². The molecule has 1 amide bonds. The van der Waals surface area contributed by atoms with Crippen LogP contribution >= 0.6 is 11.6 Å². The third kappa shape index (κ3) is 6.24. The van der Waals surface area contributed by atoms with Crippen molar-refractivity contribution >= 4 is 33.2 Å². The maximum atomic E-state index is 13.2. The Morgan fingerprint density at radius 3 is 2.31 bits per heavy atom. The van der Waals surface area contributed by atoms with E-state index in [0.29, 0.717) is 10.7 Å². The second-order valence-corrected chi connectivity index (χ2v) is 9.63. The van der Waals surface area contributed by atoms with Gasteiger partial charge in [-0.2, -0.15) is 0 Å². The number of nitrogens with zero attached hydrogens (tertiary/aromatic N) is 1. The van der Waals surface area contributed by atoms with E-state index >= 15 is 0 Å². The lowest BCUT2D eigenvalue weighted by atomic mass is 10.1. The second kappa shape index (κ2) is 10.5. The first-order valence-electron chi connectivity index (χ1n) is 10.1. The fraction of sp³-hybridized carbons (Fsp3) is 0.208. The van der Waals surface area contributed by atoms with Crippen molar-refractivity contribution in [1.82, 2.24) is 5.32 Å². The molecule has 168 valence electrons. The number of hydrogen-bond acceptors (Lipinski definition) is 4. The summed E-state index contributed by atoms with van der Waals surface area (Å²) in [4.78, 5) is 12.7. The first-order valence-corrected chi connectivity index (χ1v) is 11.9. The fourth-order valence-corrected chi connectivity index (χ4v) is 4.85. The van der Waals surface area contributed by atoms with Crippen molar-refractivity contribution in [3.8, 4) is 5.75 Å². The highest BCUT2D eigenvalue weighted by molar-refractivity contribution is 7.92. The predicted molar refractivity (Wildman–Crippen MR) is 127 cm³/mol. The minimum absolute atomic E-state index is 0.0888. The standard InChI is InChI=1S/C24H25ClN2O4S/c1-18-13-19(2)15-22(14-18)31-12-11-26-24(28)17-27(21-8-6-7-20(25)16-21)32(29,30)23-9-4-3-5-10-23/h3-10,13-16H,11-12,17H2,1-2H3,(H,26,28). The summed E-state index contributed by atoms with van der Waals surface area (Å²) in [7, 11) is -3.97. The van der Waals surface area contributed by atoms with Gasteiger partial charge < -0.3 is 10.1 Å². The summed E-state index contributed by atoms with van der Waals surface area (Å²) in [5.74, 6) is 0.275. The van der Waals surface area contributed by atoms with Crippen molar-refractivity contribution in [3.05, 3.63) is 88.9 Å². The number of amides is 1. The number of rotatable bonds is 9. The van der Waals surface area contributed by atoms with E-state index in [1.165, 1.54) is 18.2 Å². The van der Waals surface area contributed by atoms with Gasteiger partial charge in [-0.3, -0.25) is 9.10 Å². The Morgan fingerprint density at radius 2 is 1.66 bits per heavy atom. The number of anilines is 1. The van der Waals surface area contributed by atoms with E-state index in [4.69, 9.17) is 16.3 Å². The average molecular weight is 473 g/mol. The van der Waals surface area contributed by atoms with Crippen LogP contribution in [0, 0.1) is 13.8 Å². The Kier molecular flexibility index (Phi) is 7.77. The number of benzene rings is 3. The Labute approximate surface area is 193 Å². The predicted octanol–water partition coefficient (Wildman–Crippen LogP) is 4.35. The molecule has 32 heavy (non-hydrogen) atoms. The minimum atomic E-state index is -3.97. The zero-order valence-corrected chi connectivity index (χ0v) is 19.5. The van der Waals surface area contributed by atoms with Gasteiger partial charge in [0.1, 0.15) is 18.9 Å². The van der Waals surface area contributed by atoms with Crippen molar-refractivity contribution in [2.45, 2.75) is 18.7 Å². The molecule has 6 nitrogen and oxygen atoms in total. The number of carbonyl (C=O) groups excluding carboxylic acids is 1. The van der Waals surface area contributed by atoms with Gasteiger partial charge in [-0.1, -0.05) is 41.9 Å². The van der Waals surface area contributed by atoms with Crippen molar-refractivity contribution in [3.63, 3.8) is 0 Å². The van der Waals surface area contributed by atoms with Gasteiger partial charge in [0.25, 0.3) is 10.0 Å². The molecule has 0 spiro atoms. The normalized spacial score (nSPS) is 11.1. The molecule has 0 fully saturated rings. The highest BCUT2D eigenvalue weighted by atomic mass is 35.5. The Hall–Kier alpha value is -3.03. The van der Waals surface area contributed by atoms with Crippen LogP contribution in [-0.2, 0) is 14.8 Å². The molecule has 0 saturated heterocycles. The van der Waals surface area contributed by atoms with Gasteiger partial charge >= 0.3 is 0 Å². The van der Waals surface area contributed by atoms with Gasteiger partial charge in [-0.25, -0.2) is 8.42 Å². The van der Waals surface area contributed by atoms with Gasteiger partial charge in [0.15, 0.2) is 0 Å². The van der Waals surface area contributed by atoms with Gasteiger partial charge in [0.05, 0.1) is 17.1 Å². The summed E-state index contributed by atoms with van der Waals surface area (Å²) in [6.45, 7) is 4.08. The molecular formula is C24H25ClN2O4S. The van der Waals surface area contributed by atoms with E-state index < -0.39 is 15.9 Å². The highest BCUT2D eigenvalue weighted by Crippen LogP contribution is 2.26. The summed E-state index contributed by atoms with van der Waals surface area (Å²) in [5, 5.41) is 3.09. The SMILES string of the molecule is Cc1cc(C)cc(OCCNC(=O)CN(c2cccc(Cl)c2)S(=O)(=O)c2ccccc2)c1. The summed E-state index contributed by atoms with van der Waals surface area (Å²) >= 11 is 6.07. The van der Waals surface area contributed by atoms with Crippen LogP contribution in [0.3, 0.4) is 0 Å². The molecule has 0 aliphatic carbocycles. The third-order valence-electron chi connectivity index (χ3n) is 4.60. The van der Waals surface area contributed by atoms with Gasteiger partial charge in [0, 0.05) is 5.02 Å². The monoisotopic (exact) mass is 472 g/mol. The summed E-state index contributed by atoms with van der Waals surface area (Å²) < 4.78 is 33.2. The number of carbonyl (C=O) groups is 1. The molecular weight excluding hydrogens is 448 g/mol. The number of aryl methyl sites for hydroxylation is 2. The van der Waals surface area contributed by atoms with Crippen LogP contribution in [-0.4, -0.2) is 34.0 Å². The number of sulfonamides is 1. The first kappa shape index (κ1) is 23.6. The Bertz CT molecular complexity index is 1160. The van der Waals surface area contributed by atoms with Crippen LogP contribution in [0.2, 0.25) is 5.02 Å². The maximum Gasteiger partial charge on any atom is 0.264 e. The van der Waals surface area contributed by atoms with Gasteiger partial charge in [0.2, 0.25) is 5.91 Å². The van der Waals surface area contributed by atoms with Crippen LogP contribution in [0.5, 0.6) is 5.75 Å². The van der Waals surface area contributed by atoms with Crippen LogP contribution in [0.15, 0.2) is 77.7 Å². The minimum Gasteiger partial charge on any atom is -0.492 e. The van der Waals surface area contributed by atoms with Gasteiger partial charge in [-0.05, 0) is 67.4 Å². The highest BCUT2D eigenvalue weighted by Gasteiger charge is 2.27. The smallest absolute Gasteiger partial charge is 0.264 e. The molecule has 3 aromatic rings. The fourth-order valence-electron chi connectivity index (χ4n) is 3.23. The molecule has 0 saturated carbocycles. The molecule has 0 aromatic heterocycles. The quantitative estimate of drug-likeness (QED) is 0.470. The number of ether oxygens (including phenoxy) is 1. The molecule has 8 heteroatoms. The van der Waals surface area contributed by atoms with E-state index in [1.54, 1.807) is 36.4 Å². The van der Waals surface area contributed by atoms with Crippen LogP contribution in [0.4, 0.5) is 5.69 Å². The molecule has 0 bridgehead atoms. The lowest BCUT2D eigenvalue weighted by Crippen LogP contribution is -2.41. The molecule has 3 aromatic carbocycles. The van der Waals surface area contributed by atoms with Crippen molar-refractivity contribution in [2.24, 2.45) is 0 Å².